The molecule has 1 amide bonds. The van der Waals surface area contributed by atoms with Crippen LogP contribution in [0.3, 0.4) is 0 Å². The van der Waals surface area contributed by atoms with Gasteiger partial charge in [0.25, 0.3) is 10.1 Å². The van der Waals surface area contributed by atoms with E-state index in [4.69, 9.17) is 9.29 Å². The molecule has 1 aromatic rings. The molecule has 0 aliphatic carbocycles. The zero-order valence-corrected chi connectivity index (χ0v) is 13.2. The molecule has 2 N–H and O–H groups in total. The molecule has 0 radical (unpaired) electrons. The molecule has 0 bridgehead atoms. The fraction of sp³-hybridized carbons (Fsp3) is 0.429. The van der Waals surface area contributed by atoms with Gasteiger partial charge in [-0.1, -0.05) is 30.3 Å². The van der Waals surface area contributed by atoms with Gasteiger partial charge < -0.3 is 15.1 Å². The molecule has 1 aliphatic heterocycles. The van der Waals surface area contributed by atoms with E-state index in [0.29, 0.717) is 5.56 Å². The number of rotatable bonds is 6. The zero-order chi connectivity index (χ0) is 17.3. The van der Waals surface area contributed by atoms with Gasteiger partial charge in [-0.2, -0.15) is 8.42 Å². The minimum absolute atomic E-state index is 0.0493. The van der Waals surface area contributed by atoms with Gasteiger partial charge in [-0.3, -0.25) is 8.98 Å². The first-order valence-corrected chi connectivity index (χ1v) is 8.59. The molecule has 0 saturated carbocycles. The van der Waals surface area contributed by atoms with Gasteiger partial charge in [0.15, 0.2) is 0 Å². The molecule has 1 aliphatic rings. The number of carbonyl (C=O) groups is 2. The SMILES string of the molecule is CS(=O)(=O)OC(Cc1ccccc1)C1(C(=O)O)CN(C(=O)O)C1. The molecular formula is C14H17NO7S. The van der Waals surface area contributed by atoms with Crippen LogP contribution in [-0.4, -0.2) is 61.0 Å². The fourth-order valence-electron chi connectivity index (χ4n) is 2.61. The Morgan fingerprint density at radius 2 is 1.83 bits per heavy atom. The van der Waals surface area contributed by atoms with Gasteiger partial charge >= 0.3 is 12.1 Å². The van der Waals surface area contributed by atoms with Gasteiger partial charge in [-0.15, -0.1) is 0 Å². The number of carboxylic acids is 1. The van der Waals surface area contributed by atoms with E-state index in [2.05, 4.69) is 0 Å². The molecule has 126 valence electrons. The Kier molecular flexibility index (Phi) is 4.62. The highest BCUT2D eigenvalue weighted by Gasteiger charge is 2.58. The summed E-state index contributed by atoms with van der Waals surface area (Å²) in [6.07, 6.45) is -1.55. The maximum absolute atomic E-state index is 11.7. The Morgan fingerprint density at radius 3 is 2.26 bits per heavy atom. The maximum atomic E-state index is 11.7. The summed E-state index contributed by atoms with van der Waals surface area (Å²) >= 11 is 0. The maximum Gasteiger partial charge on any atom is 0.407 e. The van der Waals surface area contributed by atoms with Crippen LogP contribution in [0, 0.1) is 5.41 Å². The monoisotopic (exact) mass is 343 g/mol. The van der Waals surface area contributed by atoms with Crippen LogP contribution in [0.15, 0.2) is 30.3 Å². The molecule has 1 atom stereocenters. The Morgan fingerprint density at radius 1 is 1.26 bits per heavy atom. The van der Waals surface area contributed by atoms with Crippen molar-refractivity contribution in [2.45, 2.75) is 12.5 Å². The summed E-state index contributed by atoms with van der Waals surface area (Å²) in [5, 5.41) is 18.5. The third-order valence-corrected chi connectivity index (χ3v) is 4.40. The van der Waals surface area contributed by atoms with Gasteiger partial charge in [0.05, 0.1) is 6.26 Å². The first-order chi connectivity index (χ1) is 10.6. The normalized spacial score (nSPS) is 18.0. The molecule has 1 fully saturated rings. The lowest BCUT2D eigenvalue weighted by Crippen LogP contribution is -2.68. The fourth-order valence-corrected chi connectivity index (χ4v) is 3.28. The topological polar surface area (TPSA) is 121 Å². The molecule has 0 aromatic heterocycles. The number of nitrogens with zero attached hydrogens (tertiary/aromatic N) is 1. The second-order valence-corrected chi connectivity index (χ2v) is 7.18. The van der Waals surface area contributed by atoms with E-state index in [9.17, 15) is 23.1 Å². The number of aliphatic carboxylic acids is 1. The third-order valence-electron chi connectivity index (χ3n) is 3.81. The summed E-state index contributed by atoms with van der Waals surface area (Å²) in [6.45, 7) is -0.630. The van der Waals surface area contributed by atoms with E-state index in [1.54, 1.807) is 30.3 Å². The standard InChI is InChI=1S/C14H17NO7S/c1-23(20,21)22-11(7-10-5-3-2-4-6-10)14(12(16)17)8-15(9-14)13(18)19/h2-6,11H,7-9H2,1H3,(H,16,17)(H,18,19). The molecule has 2 rings (SSSR count). The summed E-state index contributed by atoms with van der Waals surface area (Å²) in [6, 6.07) is 8.71. The number of hydrogen-bond donors (Lipinski definition) is 2. The minimum atomic E-state index is -3.90. The smallest absolute Gasteiger partial charge is 0.407 e. The summed E-state index contributed by atoms with van der Waals surface area (Å²) < 4.78 is 28.0. The van der Waals surface area contributed by atoms with Crippen molar-refractivity contribution >= 4 is 22.2 Å². The average molecular weight is 343 g/mol. The molecular weight excluding hydrogens is 326 g/mol. The Hall–Kier alpha value is -2.13. The predicted molar refractivity (Wildman–Crippen MR) is 79.5 cm³/mol. The van der Waals surface area contributed by atoms with Crippen LogP contribution in [0.2, 0.25) is 0 Å². The summed E-state index contributed by atoms with van der Waals surface area (Å²) in [5.41, 5.74) is -0.882. The summed E-state index contributed by atoms with van der Waals surface area (Å²) in [4.78, 5) is 23.5. The van der Waals surface area contributed by atoms with Crippen molar-refractivity contribution in [3.8, 4) is 0 Å². The van der Waals surface area contributed by atoms with Crippen LogP contribution >= 0.6 is 0 Å². The quantitative estimate of drug-likeness (QED) is 0.727. The van der Waals surface area contributed by atoms with Crippen molar-refractivity contribution in [1.29, 1.82) is 0 Å². The largest absolute Gasteiger partial charge is 0.481 e. The number of carboxylic acid groups (broad SMARTS) is 2. The summed E-state index contributed by atoms with van der Waals surface area (Å²) in [7, 11) is -3.90. The Labute approximate surface area is 133 Å². The lowest BCUT2D eigenvalue weighted by atomic mass is 9.73. The van der Waals surface area contributed by atoms with E-state index in [0.717, 1.165) is 11.2 Å². The Bertz CT molecular complexity index is 695. The van der Waals surface area contributed by atoms with Crippen LogP contribution in [0.4, 0.5) is 4.79 Å². The zero-order valence-electron chi connectivity index (χ0n) is 12.4. The van der Waals surface area contributed by atoms with Crippen molar-refractivity contribution in [3.05, 3.63) is 35.9 Å². The van der Waals surface area contributed by atoms with Gasteiger partial charge in [-0.25, -0.2) is 4.79 Å². The molecule has 1 aromatic carbocycles. The van der Waals surface area contributed by atoms with E-state index in [1.165, 1.54) is 0 Å². The summed E-state index contributed by atoms with van der Waals surface area (Å²) in [5.74, 6) is -1.28. The lowest BCUT2D eigenvalue weighted by molar-refractivity contribution is -0.168. The molecule has 1 unspecified atom stereocenters. The van der Waals surface area contributed by atoms with Crippen molar-refractivity contribution in [2.75, 3.05) is 19.3 Å². The lowest BCUT2D eigenvalue weighted by Gasteiger charge is -2.48. The highest BCUT2D eigenvalue weighted by molar-refractivity contribution is 7.86. The van der Waals surface area contributed by atoms with E-state index in [-0.39, 0.29) is 19.5 Å². The van der Waals surface area contributed by atoms with Gasteiger partial charge in [0.1, 0.15) is 11.5 Å². The first-order valence-electron chi connectivity index (χ1n) is 6.77. The van der Waals surface area contributed by atoms with Crippen LogP contribution in [0.25, 0.3) is 0 Å². The van der Waals surface area contributed by atoms with Crippen LogP contribution < -0.4 is 0 Å². The number of likely N-dealkylation sites (tertiary alicyclic amines) is 1. The van der Waals surface area contributed by atoms with E-state index >= 15 is 0 Å². The second-order valence-electron chi connectivity index (χ2n) is 5.58. The first kappa shape index (κ1) is 17.2. The van der Waals surface area contributed by atoms with Crippen molar-refractivity contribution < 1.29 is 32.4 Å². The molecule has 1 saturated heterocycles. The van der Waals surface area contributed by atoms with Crippen LogP contribution in [-0.2, 0) is 25.5 Å². The molecule has 23 heavy (non-hydrogen) atoms. The molecule has 8 nitrogen and oxygen atoms in total. The predicted octanol–water partition coefficient (Wildman–Crippen LogP) is 0.639. The number of amides is 1. The van der Waals surface area contributed by atoms with Crippen molar-refractivity contribution in [2.24, 2.45) is 5.41 Å². The second kappa shape index (κ2) is 6.17. The van der Waals surface area contributed by atoms with E-state index < -0.39 is 33.7 Å². The molecule has 0 spiro atoms. The van der Waals surface area contributed by atoms with Crippen molar-refractivity contribution in [3.63, 3.8) is 0 Å². The van der Waals surface area contributed by atoms with Gasteiger partial charge in [0, 0.05) is 19.5 Å². The van der Waals surface area contributed by atoms with E-state index in [1.807, 2.05) is 0 Å². The van der Waals surface area contributed by atoms with Gasteiger partial charge in [-0.05, 0) is 5.56 Å². The molecule has 9 heteroatoms. The average Bonchev–Trinajstić information content (AvgIpc) is 2.35. The molecule has 1 heterocycles. The van der Waals surface area contributed by atoms with Crippen molar-refractivity contribution in [1.82, 2.24) is 4.90 Å². The Balaban J connectivity index is 2.31. The highest BCUT2D eigenvalue weighted by Crippen LogP contribution is 2.38. The van der Waals surface area contributed by atoms with Crippen LogP contribution in [0.1, 0.15) is 5.56 Å². The third kappa shape index (κ3) is 3.80. The number of benzene rings is 1. The highest BCUT2D eigenvalue weighted by atomic mass is 32.2. The number of hydrogen-bond acceptors (Lipinski definition) is 5. The van der Waals surface area contributed by atoms with Gasteiger partial charge in [0.2, 0.25) is 0 Å². The minimum Gasteiger partial charge on any atom is -0.481 e. The van der Waals surface area contributed by atoms with Crippen LogP contribution in [0.5, 0.6) is 0 Å².